The van der Waals surface area contributed by atoms with Crippen LogP contribution in [-0.4, -0.2) is 51.9 Å². The van der Waals surface area contributed by atoms with E-state index in [2.05, 4.69) is 19.9 Å². The van der Waals surface area contributed by atoms with Crippen LogP contribution < -0.4 is 4.90 Å². The van der Waals surface area contributed by atoms with Crippen LogP contribution in [0.2, 0.25) is 0 Å². The van der Waals surface area contributed by atoms with Gasteiger partial charge >= 0.3 is 0 Å². The van der Waals surface area contributed by atoms with Gasteiger partial charge in [-0.3, -0.25) is 9.78 Å². The summed E-state index contributed by atoms with van der Waals surface area (Å²) in [6, 6.07) is 9.88. The summed E-state index contributed by atoms with van der Waals surface area (Å²) in [5.74, 6) is 0.987. The minimum atomic E-state index is 0.0582. The number of para-hydroxylation sites is 1. The second-order valence-corrected chi connectivity index (χ2v) is 6.47. The molecule has 25 heavy (non-hydrogen) atoms. The molecule has 1 saturated heterocycles. The zero-order valence-corrected chi connectivity index (χ0v) is 14.5. The topological polar surface area (TPSA) is 65.1 Å². The molecule has 128 valence electrons. The zero-order valence-electron chi connectivity index (χ0n) is 14.5. The maximum absolute atomic E-state index is 12.8. The Morgan fingerprint density at radius 1 is 1.12 bits per heavy atom. The predicted octanol–water partition coefficient (Wildman–Crippen LogP) is 2.54. The molecule has 1 aromatic carbocycles. The number of anilines is 1. The Hall–Kier alpha value is -2.89. The number of nitrogens with one attached hydrogen (secondary N) is 1. The fraction of sp³-hybridized carbons (Fsp3) is 0.316. The van der Waals surface area contributed by atoms with Crippen molar-refractivity contribution in [2.45, 2.75) is 13.8 Å². The van der Waals surface area contributed by atoms with Gasteiger partial charge in [-0.2, -0.15) is 0 Å². The molecule has 1 fully saturated rings. The number of amides is 1. The molecule has 6 heteroatoms. The van der Waals surface area contributed by atoms with Gasteiger partial charge in [-0.15, -0.1) is 0 Å². The number of aromatic nitrogens is 3. The number of benzene rings is 1. The van der Waals surface area contributed by atoms with E-state index in [0.717, 1.165) is 41.2 Å². The van der Waals surface area contributed by atoms with E-state index in [1.165, 1.54) is 0 Å². The molecule has 0 unspecified atom stereocenters. The number of nitrogens with zero attached hydrogens (tertiary/aromatic N) is 4. The molecule has 0 atom stereocenters. The lowest BCUT2D eigenvalue weighted by atomic mass is 10.2. The lowest BCUT2D eigenvalue weighted by Crippen LogP contribution is -2.49. The van der Waals surface area contributed by atoms with Gasteiger partial charge in [0.1, 0.15) is 11.5 Å². The molecule has 6 nitrogen and oxygen atoms in total. The van der Waals surface area contributed by atoms with E-state index < -0.39 is 0 Å². The van der Waals surface area contributed by atoms with Crippen LogP contribution in [0, 0.1) is 13.8 Å². The average molecular weight is 335 g/mol. The summed E-state index contributed by atoms with van der Waals surface area (Å²) in [5.41, 5.74) is 3.49. The molecule has 1 aliphatic heterocycles. The van der Waals surface area contributed by atoms with Gasteiger partial charge in [0.2, 0.25) is 0 Å². The van der Waals surface area contributed by atoms with E-state index in [9.17, 15) is 4.79 Å². The zero-order chi connectivity index (χ0) is 17.4. The van der Waals surface area contributed by atoms with Crippen molar-refractivity contribution in [1.29, 1.82) is 0 Å². The molecule has 0 radical (unpaired) electrons. The fourth-order valence-electron chi connectivity index (χ4n) is 3.30. The summed E-state index contributed by atoms with van der Waals surface area (Å²) in [7, 11) is 0. The monoisotopic (exact) mass is 335 g/mol. The van der Waals surface area contributed by atoms with Crippen LogP contribution in [0.4, 0.5) is 5.82 Å². The lowest BCUT2D eigenvalue weighted by molar-refractivity contribution is 0.0741. The summed E-state index contributed by atoms with van der Waals surface area (Å²) in [6.07, 6.45) is 1.79. The summed E-state index contributed by atoms with van der Waals surface area (Å²) in [6.45, 7) is 6.83. The highest BCUT2D eigenvalue weighted by Gasteiger charge is 2.24. The number of carbonyl (C=O) groups excluding carboxylic acids is 1. The van der Waals surface area contributed by atoms with Crippen molar-refractivity contribution in [3.63, 3.8) is 0 Å². The van der Waals surface area contributed by atoms with E-state index in [1.807, 2.05) is 49.1 Å². The molecule has 0 aliphatic carbocycles. The number of hydrogen-bond acceptors (Lipinski definition) is 4. The Morgan fingerprint density at radius 2 is 1.88 bits per heavy atom. The van der Waals surface area contributed by atoms with E-state index in [1.54, 1.807) is 6.20 Å². The predicted molar refractivity (Wildman–Crippen MR) is 97.9 cm³/mol. The van der Waals surface area contributed by atoms with Gasteiger partial charge < -0.3 is 14.8 Å². The Kier molecular flexibility index (Phi) is 3.87. The van der Waals surface area contributed by atoms with Gasteiger partial charge in [0.15, 0.2) is 0 Å². The SMILES string of the molecule is Cc1cnc(C)c(N2CCN(C(=O)c3cc4ccccc4[nH]3)CC2)n1. The maximum atomic E-state index is 12.8. The second kappa shape index (κ2) is 6.20. The Bertz CT molecular complexity index is 891. The number of aryl methyl sites for hydroxylation is 2. The van der Waals surface area contributed by atoms with Gasteiger partial charge in [-0.05, 0) is 26.0 Å². The standard InChI is InChI=1S/C19H21N5O/c1-13-12-20-14(2)18(21-13)23-7-9-24(10-8-23)19(25)17-11-15-5-3-4-6-16(15)22-17/h3-6,11-12,22H,7-10H2,1-2H3. The van der Waals surface area contributed by atoms with Gasteiger partial charge in [0.25, 0.3) is 5.91 Å². The number of fused-ring (bicyclic) bond motifs is 1. The maximum Gasteiger partial charge on any atom is 0.270 e. The highest BCUT2D eigenvalue weighted by atomic mass is 16.2. The molecule has 1 amide bonds. The third-order valence-corrected chi connectivity index (χ3v) is 4.68. The third kappa shape index (κ3) is 2.95. The van der Waals surface area contributed by atoms with Crippen LogP contribution in [0.5, 0.6) is 0 Å². The Morgan fingerprint density at radius 3 is 2.64 bits per heavy atom. The normalized spacial score (nSPS) is 15.0. The van der Waals surface area contributed by atoms with Crippen LogP contribution in [0.15, 0.2) is 36.5 Å². The first-order valence-corrected chi connectivity index (χ1v) is 8.54. The molecular formula is C19H21N5O. The van der Waals surface area contributed by atoms with Crippen LogP contribution >= 0.6 is 0 Å². The van der Waals surface area contributed by atoms with Crippen molar-refractivity contribution in [1.82, 2.24) is 19.9 Å². The number of piperazine rings is 1. The van der Waals surface area contributed by atoms with Crippen molar-refractivity contribution < 1.29 is 4.79 Å². The molecule has 2 aromatic heterocycles. The van der Waals surface area contributed by atoms with Gasteiger partial charge in [0.05, 0.1) is 11.4 Å². The Balaban J connectivity index is 1.47. The largest absolute Gasteiger partial charge is 0.352 e. The fourth-order valence-corrected chi connectivity index (χ4v) is 3.30. The molecule has 0 saturated carbocycles. The quantitative estimate of drug-likeness (QED) is 0.782. The van der Waals surface area contributed by atoms with E-state index >= 15 is 0 Å². The molecule has 1 aliphatic rings. The van der Waals surface area contributed by atoms with Crippen LogP contribution in [0.3, 0.4) is 0 Å². The number of carbonyl (C=O) groups is 1. The lowest BCUT2D eigenvalue weighted by Gasteiger charge is -2.35. The first kappa shape index (κ1) is 15.6. The van der Waals surface area contributed by atoms with Crippen molar-refractivity contribution in [3.05, 3.63) is 53.6 Å². The first-order chi connectivity index (χ1) is 12.1. The highest BCUT2D eigenvalue weighted by molar-refractivity contribution is 5.98. The van der Waals surface area contributed by atoms with Gasteiger partial charge in [-0.1, -0.05) is 18.2 Å². The van der Waals surface area contributed by atoms with Gasteiger partial charge in [-0.25, -0.2) is 4.98 Å². The summed E-state index contributed by atoms with van der Waals surface area (Å²) < 4.78 is 0. The molecule has 0 bridgehead atoms. The van der Waals surface area contributed by atoms with Crippen molar-refractivity contribution in [2.24, 2.45) is 0 Å². The smallest absolute Gasteiger partial charge is 0.270 e. The number of rotatable bonds is 2. The first-order valence-electron chi connectivity index (χ1n) is 8.54. The highest BCUT2D eigenvalue weighted by Crippen LogP contribution is 2.20. The van der Waals surface area contributed by atoms with E-state index in [0.29, 0.717) is 18.8 Å². The minimum absolute atomic E-state index is 0.0582. The van der Waals surface area contributed by atoms with Crippen LogP contribution in [0.25, 0.3) is 10.9 Å². The molecule has 4 rings (SSSR count). The van der Waals surface area contributed by atoms with Crippen LogP contribution in [0.1, 0.15) is 21.9 Å². The number of hydrogen-bond donors (Lipinski definition) is 1. The third-order valence-electron chi connectivity index (χ3n) is 4.68. The van der Waals surface area contributed by atoms with E-state index in [4.69, 9.17) is 0 Å². The second-order valence-electron chi connectivity index (χ2n) is 6.47. The van der Waals surface area contributed by atoms with Crippen molar-refractivity contribution in [2.75, 3.05) is 31.1 Å². The Labute approximate surface area is 146 Å². The minimum Gasteiger partial charge on any atom is -0.352 e. The molecular weight excluding hydrogens is 314 g/mol. The van der Waals surface area contributed by atoms with Gasteiger partial charge in [0, 0.05) is 43.3 Å². The van der Waals surface area contributed by atoms with Crippen molar-refractivity contribution >= 4 is 22.6 Å². The van der Waals surface area contributed by atoms with E-state index in [-0.39, 0.29) is 5.91 Å². The summed E-state index contributed by atoms with van der Waals surface area (Å²) in [4.78, 5) is 29.1. The number of aromatic amines is 1. The molecule has 0 spiro atoms. The average Bonchev–Trinajstić information content (AvgIpc) is 3.07. The molecule has 3 aromatic rings. The van der Waals surface area contributed by atoms with Crippen molar-refractivity contribution in [3.8, 4) is 0 Å². The summed E-state index contributed by atoms with van der Waals surface area (Å²) in [5, 5.41) is 1.06. The number of H-pyrrole nitrogens is 1. The summed E-state index contributed by atoms with van der Waals surface area (Å²) >= 11 is 0. The molecule has 3 heterocycles. The molecule has 1 N–H and O–H groups in total. The van der Waals surface area contributed by atoms with Crippen LogP contribution in [-0.2, 0) is 0 Å².